The Morgan fingerprint density at radius 3 is 2.48 bits per heavy atom. The van der Waals surface area contributed by atoms with Crippen LogP contribution in [0.25, 0.3) is 0 Å². The number of carbonyl (C=O) groups excluding carboxylic acids is 2. The summed E-state index contributed by atoms with van der Waals surface area (Å²) in [6.45, 7) is 3.64. The first-order chi connectivity index (χ1) is 12.0. The van der Waals surface area contributed by atoms with Gasteiger partial charge in [-0.05, 0) is 31.9 Å². The number of hydrogen-bond acceptors (Lipinski definition) is 5. The van der Waals surface area contributed by atoms with Crippen molar-refractivity contribution in [3.8, 4) is 11.8 Å². The Morgan fingerprint density at radius 2 is 1.92 bits per heavy atom. The van der Waals surface area contributed by atoms with E-state index in [2.05, 4.69) is 5.32 Å². The lowest BCUT2D eigenvalue weighted by Crippen LogP contribution is -2.45. The maximum Gasteiger partial charge on any atom is 0.308 e. The third-order valence-electron chi connectivity index (χ3n) is 4.37. The van der Waals surface area contributed by atoms with E-state index in [1.807, 2.05) is 13.0 Å². The molecule has 1 fully saturated rings. The van der Waals surface area contributed by atoms with Gasteiger partial charge >= 0.3 is 5.97 Å². The summed E-state index contributed by atoms with van der Waals surface area (Å²) in [6.07, 6.45) is 5.46. The van der Waals surface area contributed by atoms with Gasteiger partial charge in [-0.2, -0.15) is 5.26 Å². The van der Waals surface area contributed by atoms with Crippen LogP contribution in [0, 0.1) is 11.3 Å². The highest BCUT2D eigenvalue weighted by atomic mass is 16.5. The standard InChI is InChI=1S/C19H24N2O4/c1-3-24-19(10-6-4-5-7-11-19)18(23)21-17-9-8-16(25-14(2)22)12-15(17)13-20/h8-9,12H,3-7,10-11H2,1-2H3,(H,21,23). The number of carbonyl (C=O) groups is 2. The van der Waals surface area contributed by atoms with Gasteiger partial charge < -0.3 is 14.8 Å². The van der Waals surface area contributed by atoms with Gasteiger partial charge in [-0.25, -0.2) is 0 Å². The van der Waals surface area contributed by atoms with Gasteiger partial charge in [0.2, 0.25) is 0 Å². The van der Waals surface area contributed by atoms with E-state index in [0.717, 1.165) is 25.7 Å². The predicted octanol–water partition coefficient (Wildman–Crippen LogP) is 3.55. The maximum atomic E-state index is 12.9. The Morgan fingerprint density at radius 1 is 1.24 bits per heavy atom. The molecule has 134 valence electrons. The summed E-state index contributed by atoms with van der Waals surface area (Å²) in [5.74, 6) is -0.404. The number of nitriles is 1. The van der Waals surface area contributed by atoms with E-state index >= 15 is 0 Å². The van der Waals surface area contributed by atoms with Crippen LogP contribution in [0.2, 0.25) is 0 Å². The molecule has 1 aromatic carbocycles. The molecule has 1 aliphatic carbocycles. The Hall–Kier alpha value is -2.39. The highest BCUT2D eigenvalue weighted by Gasteiger charge is 2.39. The van der Waals surface area contributed by atoms with Crippen molar-refractivity contribution in [1.29, 1.82) is 5.26 Å². The molecule has 0 bridgehead atoms. The normalized spacial score (nSPS) is 16.4. The summed E-state index contributed by atoms with van der Waals surface area (Å²) in [5.41, 5.74) is -0.203. The van der Waals surface area contributed by atoms with Crippen molar-refractivity contribution in [2.75, 3.05) is 11.9 Å². The van der Waals surface area contributed by atoms with E-state index in [1.165, 1.54) is 13.0 Å². The predicted molar refractivity (Wildman–Crippen MR) is 93.2 cm³/mol. The summed E-state index contributed by atoms with van der Waals surface area (Å²) in [6, 6.07) is 6.60. The molecule has 1 aliphatic rings. The lowest BCUT2D eigenvalue weighted by atomic mass is 9.92. The minimum absolute atomic E-state index is 0.215. The third-order valence-corrected chi connectivity index (χ3v) is 4.37. The average Bonchev–Trinajstić information content (AvgIpc) is 2.82. The first-order valence-electron chi connectivity index (χ1n) is 8.69. The van der Waals surface area contributed by atoms with Gasteiger partial charge in [0.15, 0.2) is 0 Å². The van der Waals surface area contributed by atoms with Gasteiger partial charge in [-0.15, -0.1) is 0 Å². The summed E-state index contributed by atoms with van der Waals surface area (Å²) in [7, 11) is 0. The lowest BCUT2D eigenvalue weighted by molar-refractivity contribution is -0.143. The molecular weight excluding hydrogens is 320 g/mol. The zero-order valence-corrected chi connectivity index (χ0v) is 14.8. The summed E-state index contributed by atoms with van der Waals surface area (Å²) >= 11 is 0. The van der Waals surface area contributed by atoms with E-state index in [0.29, 0.717) is 25.1 Å². The van der Waals surface area contributed by atoms with Gasteiger partial charge in [0.25, 0.3) is 5.91 Å². The fraction of sp³-hybridized carbons (Fsp3) is 0.526. The summed E-state index contributed by atoms with van der Waals surface area (Å²) in [5, 5.41) is 12.2. The molecule has 1 saturated carbocycles. The molecule has 1 aromatic rings. The van der Waals surface area contributed by atoms with Crippen molar-refractivity contribution in [2.24, 2.45) is 0 Å². The molecule has 0 spiro atoms. The average molecular weight is 344 g/mol. The highest BCUT2D eigenvalue weighted by molar-refractivity contribution is 5.98. The molecule has 6 heteroatoms. The van der Waals surface area contributed by atoms with Crippen molar-refractivity contribution in [2.45, 2.75) is 58.0 Å². The van der Waals surface area contributed by atoms with E-state index in [9.17, 15) is 14.9 Å². The highest BCUT2D eigenvalue weighted by Crippen LogP contribution is 2.32. The molecule has 2 rings (SSSR count). The monoisotopic (exact) mass is 344 g/mol. The lowest BCUT2D eigenvalue weighted by Gasteiger charge is -2.31. The van der Waals surface area contributed by atoms with Crippen molar-refractivity contribution in [3.05, 3.63) is 23.8 Å². The van der Waals surface area contributed by atoms with Crippen molar-refractivity contribution in [3.63, 3.8) is 0 Å². The fourth-order valence-electron chi connectivity index (χ4n) is 3.20. The summed E-state index contributed by atoms with van der Waals surface area (Å²) < 4.78 is 10.9. The van der Waals surface area contributed by atoms with Crippen LogP contribution in [-0.4, -0.2) is 24.1 Å². The topological polar surface area (TPSA) is 88.4 Å². The SMILES string of the molecule is CCOC1(C(=O)Nc2ccc(OC(C)=O)cc2C#N)CCCCCC1. The van der Waals surface area contributed by atoms with Crippen LogP contribution in [-0.2, 0) is 14.3 Å². The van der Waals surface area contributed by atoms with Crippen LogP contribution in [0.5, 0.6) is 5.75 Å². The molecule has 0 radical (unpaired) electrons. The molecule has 6 nitrogen and oxygen atoms in total. The van der Waals surface area contributed by atoms with Crippen molar-refractivity contribution in [1.82, 2.24) is 0 Å². The quantitative estimate of drug-likeness (QED) is 0.501. The second-order valence-corrected chi connectivity index (χ2v) is 6.21. The molecule has 1 N–H and O–H groups in total. The molecule has 0 heterocycles. The Balaban J connectivity index is 2.22. The number of esters is 1. The van der Waals surface area contributed by atoms with Crippen LogP contribution >= 0.6 is 0 Å². The Kier molecular flexibility index (Phi) is 6.54. The minimum atomic E-state index is -0.841. The second kappa shape index (κ2) is 8.63. The number of benzene rings is 1. The van der Waals surface area contributed by atoms with Crippen LogP contribution < -0.4 is 10.1 Å². The largest absolute Gasteiger partial charge is 0.427 e. The number of ether oxygens (including phenoxy) is 2. The van der Waals surface area contributed by atoms with Crippen LogP contribution in [0.15, 0.2) is 18.2 Å². The molecule has 25 heavy (non-hydrogen) atoms. The maximum absolute atomic E-state index is 12.9. The number of amides is 1. The van der Waals surface area contributed by atoms with Gasteiger partial charge in [0, 0.05) is 19.6 Å². The Labute approximate surface area is 148 Å². The molecule has 0 aliphatic heterocycles. The number of anilines is 1. The van der Waals surface area contributed by atoms with Gasteiger partial charge in [0.1, 0.15) is 17.4 Å². The second-order valence-electron chi connectivity index (χ2n) is 6.21. The van der Waals surface area contributed by atoms with Crippen LogP contribution in [0.4, 0.5) is 5.69 Å². The smallest absolute Gasteiger partial charge is 0.308 e. The third kappa shape index (κ3) is 4.80. The van der Waals surface area contributed by atoms with Gasteiger partial charge in [-0.3, -0.25) is 9.59 Å². The first kappa shape index (κ1) is 18.9. The minimum Gasteiger partial charge on any atom is -0.427 e. The van der Waals surface area contributed by atoms with Crippen molar-refractivity contribution >= 4 is 17.6 Å². The van der Waals surface area contributed by atoms with Gasteiger partial charge in [-0.1, -0.05) is 25.7 Å². The zero-order chi connectivity index (χ0) is 18.3. The van der Waals surface area contributed by atoms with Crippen molar-refractivity contribution < 1.29 is 19.1 Å². The molecule has 0 unspecified atom stereocenters. The zero-order valence-electron chi connectivity index (χ0n) is 14.8. The van der Waals surface area contributed by atoms with E-state index in [1.54, 1.807) is 12.1 Å². The van der Waals surface area contributed by atoms with Crippen LogP contribution in [0.1, 0.15) is 57.9 Å². The molecule has 0 aromatic heterocycles. The van der Waals surface area contributed by atoms with Gasteiger partial charge in [0.05, 0.1) is 11.3 Å². The number of rotatable bonds is 5. The number of nitrogens with zero attached hydrogens (tertiary/aromatic N) is 1. The van der Waals surface area contributed by atoms with E-state index < -0.39 is 11.6 Å². The number of nitrogens with one attached hydrogen (secondary N) is 1. The molecule has 0 atom stereocenters. The Bertz CT molecular complexity index is 670. The first-order valence-corrected chi connectivity index (χ1v) is 8.69. The van der Waals surface area contributed by atoms with E-state index in [-0.39, 0.29) is 17.2 Å². The summed E-state index contributed by atoms with van der Waals surface area (Å²) in [4.78, 5) is 24.0. The molecule has 0 saturated heterocycles. The van der Waals surface area contributed by atoms with Crippen LogP contribution in [0.3, 0.4) is 0 Å². The fourth-order valence-corrected chi connectivity index (χ4v) is 3.20. The molecular formula is C19H24N2O4. The number of hydrogen-bond donors (Lipinski definition) is 1. The molecule has 1 amide bonds. The van der Waals surface area contributed by atoms with E-state index in [4.69, 9.17) is 9.47 Å².